The molecule has 0 unspecified atom stereocenters. The maximum Gasteiger partial charge on any atom is 0.245 e. The minimum absolute atomic E-state index is 0.597. The van der Waals surface area contributed by atoms with Crippen molar-refractivity contribution in [3.63, 3.8) is 0 Å². The number of imidazole rings is 1. The van der Waals surface area contributed by atoms with Crippen molar-refractivity contribution in [3.05, 3.63) is 18.7 Å². The Morgan fingerprint density at radius 1 is 1.23 bits per heavy atom. The number of hydrogen-bond acceptors (Lipinski definition) is 2. The van der Waals surface area contributed by atoms with Gasteiger partial charge in [-0.05, 0) is 11.8 Å². The van der Waals surface area contributed by atoms with Gasteiger partial charge in [0.15, 0.2) is 13.1 Å². The topological polar surface area (TPSA) is 60.8 Å². The van der Waals surface area contributed by atoms with Gasteiger partial charge < -0.3 is 11.5 Å². The SMILES string of the molecule is NC#CCn1cc[n+](CC#CN)c1. The number of hydrogen-bond donors (Lipinski definition) is 2. The summed E-state index contributed by atoms with van der Waals surface area (Å²) in [4.78, 5) is 0. The number of nitrogens with two attached hydrogens (primary N) is 2. The molecule has 0 amide bonds. The van der Waals surface area contributed by atoms with Gasteiger partial charge in [0.25, 0.3) is 0 Å². The molecule has 4 heteroatoms. The van der Waals surface area contributed by atoms with Crippen LogP contribution in [-0.4, -0.2) is 4.57 Å². The zero-order chi connectivity index (χ0) is 9.52. The Morgan fingerprint density at radius 3 is 2.69 bits per heavy atom. The van der Waals surface area contributed by atoms with Crippen LogP contribution in [0, 0.1) is 23.9 Å². The lowest BCUT2D eigenvalue weighted by atomic mass is 10.6. The van der Waals surface area contributed by atoms with Gasteiger partial charge in [0.1, 0.15) is 12.4 Å². The Bertz CT molecular complexity index is 346. The third kappa shape index (κ3) is 2.80. The van der Waals surface area contributed by atoms with Crippen molar-refractivity contribution in [3.8, 4) is 23.9 Å². The molecule has 1 aromatic heterocycles. The van der Waals surface area contributed by atoms with Crippen LogP contribution < -0.4 is 16.0 Å². The van der Waals surface area contributed by atoms with Crippen LogP contribution in [0.1, 0.15) is 0 Å². The molecule has 0 aliphatic rings. The minimum atomic E-state index is 0.597. The Balaban J connectivity index is 2.59. The van der Waals surface area contributed by atoms with E-state index in [1.807, 2.05) is 27.9 Å². The lowest BCUT2D eigenvalue weighted by Crippen LogP contribution is -2.30. The third-order valence-corrected chi connectivity index (χ3v) is 1.47. The van der Waals surface area contributed by atoms with Crippen molar-refractivity contribution >= 4 is 0 Å². The van der Waals surface area contributed by atoms with Gasteiger partial charge in [0, 0.05) is 12.1 Å². The number of nitrogens with zero attached hydrogens (tertiary/aromatic N) is 2. The summed E-state index contributed by atoms with van der Waals surface area (Å²) in [6.07, 6.45) is 5.71. The molecule has 1 heterocycles. The molecule has 0 radical (unpaired) electrons. The number of rotatable bonds is 2. The van der Waals surface area contributed by atoms with Gasteiger partial charge in [-0.25, -0.2) is 9.13 Å². The largest absolute Gasteiger partial charge is 0.359 e. The Morgan fingerprint density at radius 2 is 2.00 bits per heavy atom. The van der Waals surface area contributed by atoms with Crippen molar-refractivity contribution in [2.24, 2.45) is 11.5 Å². The average molecular weight is 175 g/mol. The predicted molar refractivity (Wildman–Crippen MR) is 48.6 cm³/mol. The van der Waals surface area contributed by atoms with Gasteiger partial charge in [-0.1, -0.05) is 0 Å². The van der Waals surface area contributed by atoms with E-state index in [2.05, 4.69) is 23.9 Å². The highest BCUT2D eigenvalue weighted by molar-refractivity contribution is 4.94. The van der Waals surface area contributed by atoms with Crippen LogP contribution >= 0.6 is 0 Å². The zero-order valence-electron chi connectivity index (χ0n) is 7.20. The van der Waals surface area contributed by atoms with Crippen LogP contribution in [0.2, 0.25) is 0 Å². The lowest BCUT2D eigenvalue weighted by Gasteiger charge is -1.84. The maximum atomic E-state index is 5.04. The molecule has 1 rings (SSSR count). The van der Waals surface area contributed by atoms with E-state index in [9.17, 15) is 0 Å². The fourth-order valence-corrected chi connectivity index (χ4v) is 0.900. The molecule has 4 N–H and O–H groups in total. The predicted octanol–water partition coefficient (Wildman–Crippen LogP) is -1.39. The first-order chi connectivity index (χ1) is 6.36. The maximum absolute atomic E-state index is 5.04. The van der Waals surface area contributed by atoms with Crippen LogP contribution in [0.4, 0.5) is 0 Å². The normalized spacial score (nSPS) is 8.00. The Kier molecular flexibility index (Phi) is 3.29. The van der Waals surface area contributed by atoms with Gasteiger partial charge in [-0.2, -0.15) is 0 Å². The average Bonchev–Trinajstić information content (AvgIpc) is 2.59. The second-order valence-electron chi connectivity index (χ2n) is 2.40. The summed E-state index contributed by atoms with van der Waals surface area (Å²) in [7, 11) is 0. The van der Waals surface area contributed by atoms with Gasteiger partial charge in [0.05, 0.1) is 0 Å². The van der Waals surface area contributed by atoms with Crippen molar-refractivity contribution in [2.75, 3.05) is 0 Å². The number of aromatic nitrogens is 2. The van der Waals surface area contributed by atoms with E-state index in [0.29, 0.717) is 13.1 Å². The van der Waals surface area contributed by atoms with Gasteiger partial charge >= 0.3 is 0 Å². The van der Waals surface area contributed by atoms with E-state index < -0.39 is 0 Å². The molecule has 0 bridgehead atoms. The Labute approximate surface area is 77.1 Å². The third-order valence-electron chi connectivity index (χ3n) is 1.47. The molecule has 0 atom stereocenters. The molecule has 0 aliphatic carbocycles. The summed E-state index contributed by atoms with van der Waals surface area (Å²) in [5.74, 6) is 5.50. The molecular formula is C9H11N4+. The second-order valence-corrected chi connectivity index (χ2v) is 2.40. The van der Waals surface area contributed by atoms with Crippen LogP contribution in [0.25, 0.3) is 0 Å². The molecule has 0 aliphatic heterocycles. The van der Waals surface area contributed by atoms with E-state index in [4.69, 9.17) is 11.5 Å². The quantitative estimate of drug-likeness (QED) is 0.330. The van der Waals surface area contributed by atoms with E-state index >= 15 is 0 Å². The summed E-state index contributed by atoms with van der Waals surface area (Å²) >= 11 is 0. The fourth-order valence-electron chi connectivity index (χ4n) is 0.900. The summed E-state index contributed by atoms with van der Waals surface area (Å²) in [5.41, 5.74) is 10.1. The first kappa shape index (κ1) is 9.02. The van der Waals surface area contributed by atoms with E-state index in [1.165, 1.54) is 0 Å². The summed E-state index contributed by atoms with van der Waals surface area (Å²) in [5, 5.41) is 0. The molecule has 0 saturated heterocycles. The van der Waals surface area contributed by atoms with Crippen LogP contribution in [0.5, 0.6) is 0 Å². The van der Waals surface area contributed by atoms with Crippen molar-refractivity contribution in [1.82, 2.24) is 4.57 Å². The van der Waals surface area contributed by atoms with Crippen LogP contribution in [-0.2, 0) is 13.1 Å². The molecule has 0 spiro atoms. The first-order valence-electron chi connectivity index (χ1n) is 3.78. The molecule has 13 heavy (non-hydrogen) atoms. The smallest absolute Gasteiger partial charge is 0.245 e. The highest BCUT2D eigenvalue weighted by Gasteiger charge is 1.98. The standard InChI is InChI=1S/C9H11N4/c10-3-1-5-12-7-8-13(9-12)6-2-4-11/h7-9H,5-6,10-11H2/q+1. The van der Waals surface area contributed by atoms with Crippen molar-refractivity contribution in [2.45, 2.75) is 13.1 Å². The van der Waals surface area contributed by atoms with Gasteiger partial charge in [0.2, 0.25) is 6.33 Å². The molecular weight excluding hydrogens is 164 g/mol. The van der Waals surface area contributed by atoms with Crippen molar-refractivity contribution < 1.29 is 4.57 Å². The molecule has 4 nitrogen and oxygen atoms in total. The molecule has 0 saturated carbocycles. The molecule has 0 aromatic carbocycles. The highest BCUT2D eigenvalue weighted by Crippen LogP contribution is 1.82. The van der Waals surface area contributed by atoms with Crippen LogP contribution in [0.3, 0.4) is 0 Å². The Hall–Kier alpha value is -2.07. The van der Waals surface area contributed by atoms with Crippen LogP contribution in [0.15, 0.2) is 18.7 Å². The second kappa shape index (κ2) is 4.74. The van der Waals surface area contributed by atoms with E-state index in [-0.39, 0.29) is 0 Å². The minimum Gasteiger partial charge on any atom is -0.359 e. The monoisotopic (exact) mass is 175 g/mol. The molecule has 1 aromatic rings. The summed E-state index contributed by atoms with van der Waals surface area (Å²) in [6, 6.07) is 4.68. The van der Waals surface area contributed by atoms with Gasteiger partial charge in [-0.15, -0.1) is 0 Å². The summed E-state index contributed by atoms with van der Waals surface area (Å²) in [6.45, 7) is 1.19. The molecule has 0 fully saturated rings. The zero-order valence-corrected chi connectivity index (χ0v) is 7.20. The molecule has 66 valence electrons. The van der Waals surface area contributed by atoms with Crippen molar-refractivity contribution in [1.29, 1.82) is 0 Å². The fraction of sp³-hybridized carbons (Fsp3) is 0.222. The highest BCUT2D eigenvalue weighted by atomic mass is 15.1. The lowest BCUT2D eigenvalue weighted by molar-refractivity contribution is -0.684. The van der Waals surface area contributed by atoms with E-state index in [1.54, 1.807) is 0 Å². The summed E-state index contributed by atoms with van der Waals surface area (Å²) < 4.78 is 3.83. The van der Waals surface area contributed by atoms with Gasteiger partial charge in [-0.3, -0.25) is 0 Å². The first-order valence-corrected chi connectivity index (χ1v) is 3.78. The van der Waals surface area contributed by atoms with E-state index in [0.717, 1.165) is 0 Å².